The van der Waals surface area contributed by atoms with E-state index in [9.17, 15) is 0 Å². The SMILES string of the molecule is CC(C)C1=CCC(C(C)C)=C1[Si](N[Si](C)(C)C)(c1ccccc1)c1ccccc1. The van der Waals surface area contributed by atoms with Crippen molar-refractivity contribution in [3.8, 4) is 0 Å². The van der Waals surface area contributed by atoms with Crippen molar-refractivity contribution in [3.63, 3.8) is 0 Å². The molecule has 0 spiro atoms. The van der Waals surface area contributed by atoms with Crippen LogP contribution in [0, 0.1) is 11.8 Å². The molecule has 0 amide bonds. The number of rotatable bonds is 7. The van der Waals surface area contributed by atoms with Crippen molar-refractivity contribution < 1.29 is 0 Å². The highest BCUT2D eigenvalue weighted by Gasteiger charge is 2.48. The van der Waals surface area contributed by atoms with Crippen LogP contribution in [0.5, 0.6) is 0 Å². The maximum absolute atomic E-state index is 4.39. The average molecular weight is 420 g/mol. The number of hydrogen-bond acceptors (Lipinski definition) is 1. The van der Waals surface area contributed by atoms with E-state index in [1.54, 1.807) is 16.3 Å². The first-order valence-corrected chi connectivity index (χ1v) is 16.5. The standard InChI is InChI=1S/C26H37NSi2/c1-20(2)24-18-19-25(21(3)4)26(24)29(27-28(5,6)7,22-14-10-8-11-15-22)23-16-12-9-13-17-23/h8-18,20-21,27H,19H2,1-7H3. The molecule has 1 aliphatic carbocycles. The molecular weight excluding hydrogens is 382 g/mol. The lowest BCUT2D eigenvalue weighted by atomic mass is 10.0. The third-order valence-electron chi connectivity index (χ3n) is 5.82. The fraction of sp³-hybridized carbons (Fsp3) is 0.385. The Morgan fingerprint density at radius 1 is 0.724 bits per heavy atom. The predicted molar refractivity (Wildman–Crippen MR) is 134 cm³/mol. The van der Waals surface area contributed by atoms with E-state index < -0.39 is 16.5 Å². The minimum Gasteiger partial charge on any atom is -0.349 e. The van der Waals surface area contributed by atoms with Gasteiger partial charge in [-0.25, -0.2) is 0 Å². The van der Waals surface area contributed by atoms with Gasteiger partial charge in [0.15, 0.2) is 0 Å². The summed E-state index contributed by atoms with van der Waals surface area (Å²) < 4.78 is 4.39. The first-order chi connectivity index (χ1) is 13.7. The molecule has 1 nitrogen and oxygen atoms in total. The fourth-order valence-corrected chi connectivity index (χ4v) is 14.9. The van der Waals surface area contributed by atoms with E-state index in [4.69, 9.17) is 0 Å². The lowest BCUT2D eigenvalue weighted by Crippen LogP contribution is -2.76. The minimum atomic E-state index is -2.38. The Morgan fingerprint density at radius 3 is 1.59 bits per heavy atom. The Kier molecular flexibility index (Phi) is 6.52. The molecule has 3 heteroatoms. The predicted octanol–water partition coefficient (Wildman–Crippen LogP) is 5.65. The van der Waals surface area contributed by atoms with Crippen LogP contribution >= 0.6 is 0 Å². The fourth-order valence-electron chi connectivity index (χ4n) is 4.72. The Balaban J connectivity index is 2.44. The van der Waals surface area contributed by atoms with E-state index in [2.05, 4.69) is 119 Å². The van der Waals surface area contributed by atoms with Crippen molar-refractivity contribution in [3.05, 3.63) is 83.1 Å². The molecule has 0 bridgehead atoms. The summed E-state index contributed by atoms with van der Waals surface area (Å²) in [6.07, 6.45) is 3.62. The molecular formula is C26H37NSi2. The van der Waals surface area contributed by atoms with Crippen LogP contribution in [0.25, 0.3) is 0 Å². The van der Waals surface area contributed by atoms with Gasteiger partial charge in [-0.05, 0) is 39.4 Å². The van der Waals surface area contributed by atoms with Gasteiger partial charge >= 0.3 is 0 Å². The van der Waals surface area contributed by atoms with E-state index in [0.29, 0.717) is 11.8 Å². The first-order valence-electron chi connectivity index (χ1n) is 11.0. The topological polar surface area (TPSA) is 12.0 Å². The van der Waals surface area contributed by atoms with Crippen molar-refractivity contribution >= 4 is 26.8 Å². The summed E-state index contributed by atoms with van der Waals surface area (Å²) >= 11 is 0. The lowest BCUT2D eigenvalue weighted by Gasteiger charge is -2.43. The molecule has 0 saturated carbocycles. The number of benzene rings is 2. The van der Waals surface area contributed by atoms with Crippen LogP contribution in [-0.4, -0.2) is 16.5 Å². The highest BCUT2D eigenvalue weighted by atomic mass is 28.4. The number of hydrogen-bond donors (Lipinski definition) is 1. The zero-order valence-electron chi connectivity index (χ0n) is 19.2. The second-order valence-corrected chi connectivity index (χ2v) is 18.6. The van der Waals surface area contributed by atoms with Crippen LogP contribution in [0.2, 0.25) is 19.6 Å². The summed E-state index contributed by atoms with van der Waals surface area (Å²) in [5.41, 5.74) is 3.21. The molecule has 0 aromatic heterocycles. The maximum Gasteiger partial charge on any atom is 0.216 e. The van der Waals surface area contributed by atoms with Crippen LogP contribution in [-0.2, 0) is 0 Å². The number of allylic oxidation sites excluding steroid dienone is 4. The molecule has 2 aromatic carbocycles. The zero-order chi connectivity index (χ0) is 21.2. The first kappa shape index (κ1) is 22.0. The van der Waals surface area contributed by atoms with Gasteiger partial charge < -0.3 is 4.65 Å². The molecule has 29 heavy (non-hydrogen) atoms. The van der Waals surface area contributed by atoms with Crippen LogP contribution < -0.4 is 15.0 Å². The van der Waals surface area contributed by atoms with Crippen LogP contribution in [0.15, 0.2) is 83.1 Å². The highest BCUT2D eigenvalue weighted by Crippen LogP contribution is 2.39. The third kappa shape index (κ3) is 4.42. The van der Waals surface area contributed by atoms with Crippen molar-refractivity contribution in [2.24, 2.45) is 11.8 Å². The molecule has 1 aliphatic rings. The Hall–Kier alpha value is -1.69. The van der Waals surface area contributed by atoms with E-state index in [1.807, 2.05) is 0 Å². The summed E-state index contributed by atoms with van der Waals surface area (Å²) in [6, 6.07) is 22.6. The van der Waals surface area contributed by atoms with Crippen molar-refractivity contribution in [2.75, 3.05) is 0 Å². The second-order valence-electron chi connectivity index (χ2n) is 9.93. The molecule has 2 aromatic rings. The van der Waals surface area contributed by atoms with Gasteiger partial charge in [0.1, 0.15) is 8.24 Å². The van der Waals surface area contributed by atoms with Gasteiger partial charge in [0.2, 0.25) is 8.24 Å². The van der Waals surface area contributed by atoms with E-state index in [1.165, 1.54) is 10.4 Å². The molecule has 0 radical (unpaired) electrons. The summed E-state index contributed by atoms with van der Waals surface area (Å²) in [5, 5.41) is 4.62. The van der Waals surface area contributed by atoms with E-state index in [-0.39, 0.29) is 0 Å². The Bertz CT molecular complexity index is 848. The van der Waals surface area contributed by atoms with Gasteiger partial charge in [-0.3, -0.25) is 0 Å². The molecule has 0 atom stereocenters. The number of nitrogens with one attached hydrogen (secondary N) is 1. The quantitative estimate of drug-likeness (QED) is 0.572. The van der Waals surface area contributed by atoms with Crippen molar-refractivity contribution in [1.82, 2.24) is 4.65 Å². The summed E-state index contributed by atoms with van der Waals surface area (Å²) in [5.74, 6) is 1.09. The highest BCUT2D eigenvalue weighted by molar-refractivity contribution is 7.11. The van der Waals surface area contributed by atoms with Crippen molar-refractivity contribution in [2.45, 2.75) is 53.8 Å². The van der Waals surface area contributed by atoms with Gasteiger partial charge in [0, 0.05) is 0 Å². The second kappa shape index (κ2) is 8.59. The molecule has 0 aliphatic heterocycles. The van der Waals surface area contributed by atoms with Gasteiger partial charge in [0.25, 0.3) is 0 Å². The normalized spacial score (nSPS) is 15.4. The average Bonchev–Trinajstić information content (AvgIpc) is 3.13. The zero-order valence-corrected chi connectivity index (χ0v) is 21.2. The monoisotopic (exact) mass is 419 g/mol. The third-order valence-corrected chi connectivity index (χ3v) is 14.1. The Labute approximate surface area is 180 Å². The van der Waals surface area contributed by atoms with Gasteiger partial charge in [-0.2, -0.15) is 0 Å². The van der Waals surface area contributed by atoms with Crippen molar-refractivity contribution in [1.29, 1.82) is 0 Å². The summed E-state index contributed by atoms with van der Waals surface area (Å²) in [4.78, 5) is 0. The Morgan fingerprint density at radius 2 is 1.21 bits per heavy atom. The van der Waals surface area contributed by atoms with Crippen LogP contribution in [0.1, 0.15) is 34.1 Å². The molecule has 0 fully saturated rings. The summed E-state index contributed by atoms with van der Waals surface area (Å²) in [7, 11) is -3.98. The smallest absolute Gasteiger partial charge is 0.216 e. The van der Waals surface area contributed by atoms with E-state index >= 15 is 0 Å². The van der Waals surface area contributed by atoms with Crippen LogP contribution in [0.4, 0.5) is 0 Å². The van der Waals surface area contributed by atoms with Gasteiger partial charge in [0.05, 0.1) is 0 Å². The molecule has 154 valence electrons. The molecule has 3 rings (SSSR count). The molecule has 0 heterocycles. The van der Waals surface area contributed by atoms with Gasteiger partial charge in [-0.15, -0.1) is 0 Å². The minimum absolute atomic E-state index is 0.531. The molecule has 0 saturated heterocycles. The molecule has 0 unspecified atom stereocenters. The maximum atomic E-state index is 4.39. The van der Waals surface area contributed by atoms with E-state index in [0.717, 1.165) is 6.42 Å². The summed E-state index contributed by atoms with van der Waals surface area (Å²) in [6.45, 7) is 16.8. The van der Waals surface area contributed by atoms with Gasteiger partial charge in [-0.1, -0.05) is 120 Å². The molecule has 1 N–H and O–H groups in total. The van der Waals surface area contributed by atoms with Crippen LogP contribution in [0.3, 0.4) is 0 Å². The lowest BCUT2D eigenvalue weighted by molar-refractivity contribution is 0.746. The largest absolute Gasteiger partial charge is 0.349 e.